The quantitative estimate of drug-likeness (QED) is 0.739. The lowest BCUT2D eigenvalue weighted by Gasteiger charge is -2.53. The number of hydrogen-bond acceptors (Lipinski definition) is 2. The first-order chi connectivity index (χ1) is 8.12. The van der Waals surface area contributed by atoms with Gasteiger partial charge in [0.2, 0.25) is 0 Å². The van der Waals surface area contributed by atoms with E-state index < -0.39 is 5.66 Å². The highest BCUT2D eigenvalue weighted by Crippen LogP contribution is 2.49. The Morgan fingerprint density at radius 3 is 2.00 bits per heavy atom. The van der Waals surface area contributed by atoms with Crippen molar-refractivity contribution in [2.24, 2.45) is 22.8 Å². The molecule has 0 unspecified atom stereocenters. The van der Waals surface area contributed by atoms with E-state index in [9.17, 15) is 0 Å². The van der Waals surface area contributed by atoms with E-state index in [2.05, 4.69) is 6.92 Å². The average Bonchev–Trinajstić information content (AvgIpc) is 2.40. The van der Waals surface area contributed by atoms with Gasteiger partial charge in [-0.2, -0.15) is 0 Å². The van der Waals surface area contributed by atoms with Gasteiger partial charge in [0.05, 0.1) is 5.66 Å². The van der Waals surface area contributed by atoms with Crippen LogP contribution in [0.4, 0.5) is 0 Å². The second-order valence-electron chi connectivity index (χ2n) is 6.46. The molecule has 2 heteroatoms. The minimum atomic E-state index is -0.414. The fourth-order valence-electron chi connectivity index (χ4n) is 4.33. The zero-order chi connectivity index (χ0) is 12.4. The van der Waals surface area contributed by atoms with Crippen molar-refractivity contribution in [1.29, 1.82) is 0 Å². The van der Waals surface area contributed by atoms with Gasteiger partial charge in [0, 0.05) is 5.41 Å². The molecule has 0 aromatic heterocycles. The molecule has 0 bridgehead atoms. The SMILES string of the molecule is CCC1(C(N)(N)C2CCCCC2)CCCCC1. The molecule has 2 aliphatic rings. The van der Waals surface area contributed by atoms with Crippen molar-refractivity contribution in [1.82, 2.24) is 0 Å². The Bertz CT molecular complexity index is 235. The molecular weight excluding hydrogens is 208 g/mol. The van der Waals surface area contributed by atoms with Crippen molar-refractivity contribution in [3.8, 4) is 0 Å². The Balaban J connectivity index is 2.14. The number of hydrogen-bond donors (Lipinski definition) is 2. The molecule has 0 saturated heterocycles. The number of rotatable bonds is 3. The second kappa shape index (κ2) is 5.27. The zero-order valence-electron chi connectivity index (χ0n) is 11.5. The van der Waals surface area contributed by atoms with Crippen LogP contribution in [0.15, 0.2) is 0 Å². The van der Waals surface area contributed by atoms with Crippen LogP contribution in [0.2, 0.25) is 0 Å². The Hall–Kier alpha value is -0.0800. The minimum Gasteiger partial charge on any atom is -0.313 e. The monoisotopic (exact) mass is 238 g/mol. The lowest BCUT2D eigenvalue weighted by molar-refractivity contribution is 0.00826. The van der Waals surface area contributed by atoms with E-state index in [0.29, 0.717) is 5.92 Å². The highest BCUT2D eigenvalue weighted by atomic mass is 15.0. The van der Waals surface area contributed by atoms with Gasteiger partial charge in [-0.1, -0.05) is 45.4 Å². The Kier molecular flexibility index (Phi) is 4.14. The van der Waals surface area contributed by atoms with Gasteiger partial charge < -0.3 is 11.5 Å². The van der Waals surface area contributed by atoms with Crippen LogP contribution in [-0.4, -0.2) is 5.66 Å². The van der Waals surface area contributed by atoms with Gasteiger partial charge in [-0.15, -0.1) is 0 Å². The molecule has 2 nitrogen and oxygen atoms in total. The predicted molar refractivity (Wildman–Crippen MR) is 73.5 cm³/mol. The molecule has 0 aromatic carbocycles. The maximum absolute atomic E-state index is 6.69. The Labute approximate surface area is 107 Å². The van der Waals surface area contributed by atoms with Crippen molar-refractivity contribution in [3.63, 3.8) is 0 Å². The summed E-state index contributed by atoms with van der Waals surface area (Å²) in [6.45, 7) is 2.29. The molecule has 2 rings (SSSR count). The Morgan fingerprint density at radius 1 is 0.941 bits per heavy atom. The lowest BCUT2D eigenvalue weighted by Crippen LogP contribution is -2.67. The summed E-state index contributed by atoms with van der Waals surface area (Å²) in [6.07, 6.45) is 14.3. The summed E-state index contributed by atoms with van der Waals surface area (Å²) in [5.74, 6) is 0.564. The van der Waals surface area contributed by atoms with Crippen LogP contribution in [-0.2, 0) is 0 Å². The molecule has 4 N–H and O–H groups in total. The smallest absolute Gasteiger partial charge is 0.0723 e. The highest BCUT2D eigenvalue weighted by Gasteiger charge is 2.49. The van der Waals surface area contributed by atoms with Crippen molar-refractivity contribution < 1.29 is 0 Å². The normalized spacial score (nSPS) is 27.0. The maximum atomic E-state index is 6.69. The topological polar surface area (TPSA) is 52.0 Å². The van der Waals surface area contributed by atoms with Crippen molar-refractivity contribution in [2.75, 3.05) is 0 Å². The van der Waals surface area contributed by atoms with Crippen LogP contribution in [0.25, 0.3) is 0 Å². The zero-order valence-corrected chi connectivity index (χ0v) is 11.5. The van der Waals surface area contributed by atoms with Gasteiger partial charge in [0.15, 0.2) is 0 Å². The van der Waals surface area contributed by atoms with Gasteiger partial charge >= 0.3 is 0 Å². The van der Waals surface area contributed by atoms with E-state index >= 15 is 0 Å². The summed E-state index contributed by atoms with van der Waals surface area (Å²) in [5, 5.41) is 0. The minimum absolute atomic E-state index is 0.229. The van der Waals surface area contributed by atoms with Crippen LogP contribution in [0.3, 0.4) is 0 Å². The summed E-state index contributed by atoms with van der Waals surface area (Å²) in [4.78, 5) is 0. The highest BCUT2D eigenvalue weighted by molar-refractivity contribution is 5.03. The summed E-state index contributed by atoms with van der Waals surface area (Å²) in [7, 11) is 0. The maximum Gasteiger partial charge on any atom is 0.0723 e. The third kappa shape index (κ3) is 2.39. The summed E-state index contributed by atoms with van der Waals surface area (Å²) in [5.41, 5.74) is 13.2. The predicted octanol–water partition coefficient (Wildman–Crippen LogP) is 3.54. The van der Waals surface area contributed by atoms with Crippen LogP contribution in [0, 0.1) is 11.3 Å². The Morgan fingerprint density at radius 2 is 1.47 bits per heavy atom. The summed E-state index contributed by atoms with van der Waals surface area (Å²) in [6, 6.07) is 0. The fourth-order valence-corrected chi connectivity index (χ4v) is 4.33. The first-order valence-electron chi connectivity index (χ1n) is 7.70. The molecule has 2 saturated carbocycles. The largest absolute Gasteiger partial charge is 0.313 e. The van der Waals surface area contributed by atoms with E-state index in [1.807, 2.05) is 0 Å². The molecule has 0 atom stereocenters. The molecule has 100 valence electrons. The third-order valence-corrected chi connectivity index (χ3v) is 5.69. The van der Waals surface area contributed by atoms with Gasteiger partial charge in [0.25, 0.3) is 0 Å². The first kappa shape index (κ1) is 13.4. The molecule has 2 fully saturated rings. The second-order valence-corrected chi connectivity index (χ2v) is 6.46. The first-order valence-corrected chi connectivity index (χ1v) is 7.70. The van der Waals surface area contributed by atoms with E-state index in [1.165, 1.54) is 64.2 Å². The standard InChI is InChI=1S/C15H30N2/c1-2-14(11-7-4-8-12-14)15(16,17)13-9-5-3-6-10-13/h13H,2-12,16-17H2,1H3. The van der Waals surface area contributed by atoms with Gasteiger partial charge in [0.1, 0.15) is 0 Å². The summed E-state index contributed by atoms with van der Waals surface area (Å²) >= 11 is 0. The molecule has 0 aromatic rings. The van der Waals surface area contributed by atoms with Crippen LogP contribution in [0.1, 0.15) is 77.6 Å². The van der Waals surface area contributed by atoms with Crippen molar-refractivity contribution in [2.45, 2.75) is 83.2 Å². The van der Waals surface area contributed by atoms with Crippen LogP contribution >= 0.6 is 0 Å². The van der Waals surface area contributed by atoms with Gasteiger partial charge in [-0.05, 0) is 38.0 Å². The molecule has 0 spiro atoms. The summed E-state index contributed by atoms with van der Waals surface area (Å²) < 4.78 is 0. The molecule has 17 heavy (non-hydrogen) atoms. The molecular formula is C15H30N2. The lowest BCUT2D eigenvalue weighted by atomic mass is 9.59. The fraction of sp³-hybridized carbons (Fsp3) is 1.00. The van der Waals surface area contributed by atoms with Gasteiger partial charge in [-0.25, -0.2) is 0 Å². The van der Waals surface area contributed by atoms with Gasteiger partial charge in [-0.3, -0.25) is 0 Å². The van der Waals surface area contributed by atoms with E-state index in [4.69, 9.17) is 11.5 Å². The molecule has 0 aliphatic heterocycles. The molecule has 0 amide bonds. The van der Waals surface area contributed by atoms with E-state index in [0.717, 1.165) is 6.42 Å². The molecule has 2 aliphatic carbocycles. The molecule has 0 heterocycles. The van der Waals surface area contributed by atoms with Crippen LogP contribution in [0.5, 0.6) is 0 Å². The average molecular weight is 238 g/mol. The van der Waals surface area contributed by atoms with Crippen molar-refractivity contribution >= 4 is 0 Å². The third-order valence-electron chi connectivity index (χ3n) is 5.69. The van der Waals surface area contributed by atoms with E-state index in [1.54, 1.807) is 0 Å². The number of nitrogens with two attached hydrogens (primary N) is 2. The van der Waals surface area contributed by atoms with E-state index in [-0.39, 0.29) is 5.41 Å². The molecule has 0 radical (unpaired) electrons. The van der Waals surface area contributed by atoms with Crippen molar-refractivity contribution in [3.05, 3.63) is 0 Å². The van der Waals surface area contributed by atoms with Crippen LogP contribution < -0.4 is 11.5 Å².